The van der Waals surface area contributed by atoms with Crippen LogP contribution in [-0.2, 0) is 25.0 Å². The fourth-order valence-electron chi connectivity index (χ4n) is 1.33. The minimum atomic E-state index is -2.14. The van der Waals surface area contributed by atoms with Gasteiger partial charge in [0.2, 0.25) is 0 Å². The molecular weight excluding hydrogens is 281 g/mol. The summed E-state index contributed by atoms with van der Waals surface area (Å²) in [5.41, 5.74) is 7.35. The molecule has 0 bridgehead atoms. The molecule has 2 N–H and O–H groups in total. The number of methoxy groups -OCH3 is 2. The maximum absolute atomic E-state index is 10.4. The molecule has 116 valence electrons. The van der Waals surface area contributed by atoms with Crippen LogP contribution >= 0.6 is 8.25 Å². The van der Waals surface area contributed by atoms with Crippen molar-refractivity contribution in [2.24, 2.45) is 0 Å². The van der Waals surface area contributed by atoms with Gasteiger partial charge >= 0.3 is 8.25 Å². The molecule has 0 aliphatic carbocycles. The number of anilines is 1. The molecule has 0 radical (unpaired) electrons. The van der Waals surface area contributed by atoms with Crippen molar-refractivity contribution in [3.8, 4) is 5.75 Å². The Kier molecular flexibility index (Phi) is 11.1. The van der Waals surface area contributed by atoms with Crippen molar-refractivity contribution in [3.05, 3.63) is 23.8 Å². The Balaban J connectivity index is 0.000000396. The van der Waals surface area contributed by atoms with Crippen molar-refractivity contribution in [3.63, 3.8) is 0 Å². The van der Waals surface area contributed by atoms with Gasteiger partial charge < -0.3 is 24.3 Å². The number of nitrogen functional groups attached to an aromatic ring is 1. The monoisotopic (exact) mass is 305 g/mol. The van der Waals surface area contributed by atoms with Crippen LogP contribution in [0.4, 0.5) is 5.69 Å². The minimum Gasteiger partial charge on any atom is -0.497 e. The quantitative estimate of drug-likeness (QED) is 0.616. The number of hydrogen-bond donors (Lipinski definition) is 1. The zero-order valence-corrected chi connectivity index (χ0v) is 13.5. The van der Waals surface area contributed by atoms with Gasteiger partial charge in [-0.05, 0) is 31.5 Å². The van der Waals surface area contributed by atoms with Crippen molar-refractivity contribution in [1.82, 2.24) is 0 Å². The Morgan fingerprint density at radius 3 is 2.15 bits per heavy atom. The fraction of sp³-hybridized carbons (Fsp3) is 0.538. The molecule has 0 aliphatic rings. The van der Waals surface area contributed by atoms with Crippen LogP contribution in [0.5, 0.6) is 5.75 Å². The van der Waals surface area contributed by atoms with E-state index in [-0.39, 0.29) is 0 Å². The van der Waals surface area contributed by atoms with Gasteiger partial charge in [0, 0.05) is 18.9 Å². The Morgan fingerprint density at radius 1 is 1.10 bits per heavy atom. The van der Waals surface area contributed by atoms with Crippen molar-refractivity contribution in [2.75, 3.05) is 33.2 Å². The third-order valence-electron chi connectivity index (χ3n) is 2.06. The number of rotatable bonds is 7. The highest BCUT2D eigenvalue weighted by Crippen LogP contribution is 2.22. The zero-order valence-electron chi connectivity index (χ0n) is 12.5. The molecule has 0 heterocycles. The average molecular weight is 305 g/mol. The molecule has 1 aromatic rings. The van der Waals surface area contributed by atoms with Gasteiger partial charge in [-0.3, -0.25) is 4.57 Å². The Hall–Kier alpha value is -1.07. The van der Waals surface area contributed by atoms with E-state index in [1.54, 1.807) is 34.1 Å². The minimum absolute atomic E-state index is 0.456. The van der Waals surface area contributed by atoms with Gasteiger partial charge in [0.25, 0.3) is 0 Å². The van der Waals surface area contributed by atoms with E-state index < -0.39 is 8.25 Å². The molecule has 0 aliphatic heterocycles. The van der Waals surface area contributed by atoms with Crippen LogP contribution in [0.15, 0.2) is 18.2 Å². The van der Waals surface area contributed by atoms with E-state index in [1.165, 1.54) is 0 Å². The standard InChI is InChI=1S/C9H13NO2.C4H11O3P/c1-11-6-7-3-8(10)5-9(4-7)12-2;1-3-6-8(5)7-4-2/h3-5H,6,10H2,1-2H3;8H,3-4H2,1-2H3. The molecule has 20 heavy (non-hydrogen) atoms. The second-order valence-corrected chi connectivity index (χ2v) is 4.74. The topological polar surface area (TPSA) is 80.0 Å². The molecule has 1 rings (SSSR count). The molecule has 7 heteroatoms. The third-order valence-corrected chi connectivity index (χ3v) is 3.11. The number of hydrogen-bond acceptors (Lipinski definition) is 6. The lowest BCUT2D eigenvalue weighted by molar-refractivity contribution is 0.184. The molecule has 0 aromatic heterocycles. The molecule has 0 saturated carbocycles. The van der Waals surface area contributed by atoms with Gasteiger partial charge in [-0.2, -0.15) is 0 Å². The summed E-state index contributed by atoms with van der Waals surface area (Å²) in [6.45, 7) is 5.03. The van der Waals surface area contributed by atoms with Crippen LogP contribution in [0, 0.1) is 0 Å². The van der Waals surface area contributed by atoms with Crippen LogP contribution in [0.2, 0.25) is 0 Å². The first kappa shape index (κ1) is 18.9. The van der Waals surface area contributed by atoms with E-state index in [0.717, 1.165) is 11.3 Å². The molecule has 0 amide bonds. The van der Waals surface area contributed by atoms with E-state index >= 15 is 0 Å². The lowest BCUT2D eigenvalue weighted by atomic mass is 10.2. The molecule has 6 nitrogen and oxygen atoms in total. The molecule has 0 fully saturated rings. The lowest BCUT2D eigenvalue weighted by Gasteiger charge is -2.05. The van der Waals surface area contributed by atoms with Gasteiger partial charge in [-0.1, -0.05) is 0 Å². The highest BCUT2D eigenvalue weighted by molar-refractivity contribution is 7.33. The van der Waals surface area contributed by atoms with Gasteiger partial charge in [-0.15, -0.1) is 0 Å². The van der Waals surface area contributed by atoms with Gasteiger partial charge in [0.15, 0.2) is 0 Å². The summed E-state index contributed by atoms with van der Waals surface area (Å²) in [5, 5.41) is 0. The van der Waals surface area contributed by atoms with Gasteiger partial charge in [0.05, 0.1) is 26.9 Å². The summed E-state index contributed by atoms with van der Waals surface area (Å²) in [5.74, 6) is 0.766. The van der Waals surface area contributed by atoms with Crippen LogP contribution in [-0.4, -0.2) is 27.4 Å². The number of benzene rings is 1. The second-order valence-electron chi connectivity index (χ2n) is 3.66. The van der Waals surface area contributed by atoms with Gasteiger partial charge in [0.1, 0.15) is 5.75 Å². The second kappa shape index (κ2) is 11.7. The first-order valence-corrected chi connectivity index (χ1v) is 7.51. The Bertz CT molecular complexity index is 392. The smallest absolute Gasteiger partial charge is 0.319 e. The summed E-state index contributed by atoms with van der Waals surface area (Å²) >= 11 is 0. The predicted octanol–water partition coefficient (Wildman–Crippen LogP) is 2.87. The highest BCUT2D eigenvalue weighted by Gasteiger charge is 1.97. The average Bonchev–Trinajstić information content (AvgIpc) is 2.39. The maximum Gasteiger partial charge on any atom is 0.319 e. The molecule has 1 aromatic carbocycles. The highest BCUT2D eigenvalue weighted by atomic mass is 31.1. The first-order chi connectivity index (χ1) is 9.57. The summed E-state index contributed by atoms with van der Waals surface area (Å²) in [7, 11) is 1.12. The summed E-state index contributed by atoms with van der Waals surface area (Å²) in [6, 6.07) is 5.55. The fourth-order valence-corrected chi connectivity index (χ4v) is 1.89. The molecule has 0 atom stereocenters. The van der Waals surface area contributed by atoms with Gasteiger partial charge in [-0.25, -0.2) is 0 Å². The largest absolute Gasteiger partial charge is 0.497 e. The number of nitrogens with two attached hydrogens (primary N) is 1. The molecule has 0 unspecified atom stereocenters. The van der Waals surface area contributed by atoms with Crippen LogP contribution in [0.1, 0.15) is 19.4 Å². The normalized spacial score (nSPS) is 10.1. The first-order valence-electron chi connectivity index (χ1n) is 6.29. The van der Waals surface area contributed by atoms with Crippen molar-refractivity contribution < 1.29 is 23.1 Å². The van der Waals surface area contributed by atoms with E-state index in [9.17, 15) is 4.57 Å². The van der Waals surface area contributed by atoms with Crippen LogP contribution in [0.3, 0.4) is 0 Å². The van der Waals surface area contributed by atoms with Crippen LogP contribution < -0.4 is 10.5 Å². The third kappa shape index (κ3) is 8.93. The zero-order chi connectivity index (χ0) is 15.4. The van der Waals surface area contributed by atoms with Crippen LogP contribution in [0.25, 0.3) is 0 Å². The predicted molar refractivity (Wildman–Crippen MR) is 80.4 cm³/mol. The lowest BCUT2D eigenvalue weighted by Crippen LogP contribution is -1.93. The molecule has 0 saturated heterocycles. The van der Waals surface area contributed by atoms with E-state index in [0.29, 0.717) is 25.5 Å². The summed E-state index contributed by atoms with van der Waals surface area (Å²) in [6.07, 6.45) is 0. The SMILES string of the molecule is CCO[PH](=O)OCC.COCc1cc(N)cc(OC)c1. The molecular formula is C13H24NO5P. The summed E-state index contributed by atoms with van der Waals surface area (Å²) in [4.78, 5) is 0. The van der Waals surface area contributed by atoms with Crippen molar-refractivity contribution in [1.29, 1.82) is 0 Å². The Morgan fingerprint density at radius 2 is 1.70 bits per heavy atom. The Labute approximate surface area is 121 Å². The van der Waals surface area contributed by atoms with E-state index in [4.69, 9.17) is 15.2 Å². The molecule has 0 spiro atoms. The maximum atomic E-state index is 10.4. The van der Waals surface area contributed by atoms with Crippen molar-refractivity contribution in [2.45, 2.75) is 20.5 Å². The van der Waals surface area contributed by atoms with E-state index in [2.05, 4.69) is 9.05 Å². The van der Waals surface area contributed by atoms with E-state index in [1.807, 2.05) is 12.1 Å². The van der Waals surface area contributed by atoms with Crippen molar-refractivity contribution >= 4 is 13.9 Å². The summed E-state index contributed by atoms with van der Waals surface area (Å²) < 4.78 is 29.6. The number of ether oxygens (including phenoxy) is 2.